The third-order valence-corrected chi connectivity index (χ3v) is 6.32. The molecule has 0 spiro atoms. The van der Waals surface area contributed by atoms with Gasteiger partial charge in [-0.25, -0.2) is 9.97 Å². The quantitative estimate of drug-likeness (QED) is 0.948. The predicted octanol–water partition coefficient (Wildman–Crippen LogP) is 2.68. The maximum atomic E-state index is 12.7. The molecule has 0 radical (unpaired) electrons. The van der Waals surface area contributed by atoms with E-state index in [1.54, 1.807) is 29.1 Å². The normalized spacial score (nSPS) is 34.9. The summed E-state index contributed by atoms with van der Waals surface area (Å²) in [5.74, 6) is 3.32. The van der Waals surface area contributed by atoms with E-state index < -0.39 is 0 Å². The van der Waals surface area contributed by atoms with Gasteiger partial charge in [-0.1, -0.05) is 0 Å². The highest BCUT2D eigenvalue weighted by Gasteiger charge is 2.50. The monoisotopic (exact) mass is 310 g/mol. The summed E-state index contributed by atoms with van der Waals surface area (Å²) in [6.45, 7) is 0.827. The molecule has 0 aliphatic heterocycles. The van der Waals surface area contributed by atoms with Crippen LogP contribution in [0.2, 0.25) is 0 Å². The number of fused-ring (bicyclic) bond motifs is 1. The van der Waals surface area contributed by atoms with Crippen LogP contribution in [0, 0.1) is 23.2 Å². The molecule has 4 saturated carbocycles. The summed E-state index contributed by atoms with van der Waals surface area (Å²) < 4.78 is 1.76. The number of amides is 1. The summed E-state index contributed by atoms with van der Waals surface area (Å²) in [5.41, 5.74) is 0.989. The van der Waals surface area contributed by atoms with Gasteiger partial charge in [-0.05, 0) is 67.8 Å². The number of carbonyl (C=O) groups is 1. The lowest BCUT2D eigenvalue weighted by Crippen LogP contribution is -2.51. The molecule has 1 N–H and O–H groups in total. The molecular weight excluding hydrogens is 288 g/mol. The maximum Gasteiger partial charge on any atom is 0.268 e. The molecule has 0 saturated heterocycles. The van der Waals surface area contributed by atoms with Crippen molar-refractivity contribution in [1.29, 1.82) is 0 Å². The third kappa shape index (κ3) is 2.17. The molecule has 6 rings (SSSR count). The molecule has 0 atom stereocenters. The minimum Gasteiger partial charge on any atom is -0.350 e. The fourth-order valence-electron chi connectivity index (χ4n) is 5.88. The SMILES string of the molecule is O=C(NCC12CC3CC(CC(C3)C1)C2)c1ccnc2nccn12. The van der Waals surface area contributed by atoms with Crippen LogP contribution >= 0.6 is 0 Å². The van der Waals surface area contributed by atoms with E-state index in [2.05, 4.69) is 15.3 Å². The first-order valence-electron chi connectivity index (χ1n) is 8.77. The zero-order chi connectivity index (χ0) is 15.4. The van der Waals surface area contributed by atoms with Crippen LogP contribution < -0.4 is 5.32 Å². The summed E-state index contributed by atoms with van der Waals surface area (Å²) in [5, 5.41) is 3.22. The van der Waals surface area contributed by atoms with E-state index in [0.29, 0.717) is 16.9 Å². The van der Waals surface area contributed by atoms with Gasteiger partial charge in [0.2, 0.25) is 5.78 Å². The zero-order valence-electron chi connectivity index (χ0n) is 13.2. The lowest BCUT2D eigenvalue weighted by Gasteiger charge is -2.56. The number of aromatic nitrogens is 3. The van der Waals surface area contributed by atoms with Crippen molar-refractivity contribution in [2.24, 2.45) is 23.2 Å². The Bertz CT molecular complexity index is 730. The molecule has 2 heterocycles. The highest BCUT2D eigenvalue weighted by molar-refractivity contribution is 5.93. The first-order valence-corrected chi connectivity index (χ1v) is 8.77. The Morgan fingerprint density at radius 3 is 2.48 bits per heavy atom. The Balaban J connectivity index is 1.34. The summed E-state index contributed by atoms with van der Waals surface area (Å²) in [6, 6.07) is 1.77. The van der Waals surface area contributed by atoms with Crippen molar-refractivity contribution in [1.82, 2.24) is 19.7 Å². The smallest absolute Gasteiger partial charge is 0.268 e. The second-order valence-electron chi connectivity index (χ2n) is 8.03. The lowest BCUT2D eigenvalue weighted by atomic mass is 9.49. The zero-order valence-corrected chi connectivity index (χ0v) is 13.2. The Morgan fingerprint density at radius 2 is 1.78 bits per heavy atom. The van der Waals surface area contributed by atoms with Gasteiger partial charge in [0.1, 0.15) is 5.69 Å². The van der Waals surface area contributed by atoms with Crippen molar-refractivity contribution >= 4 is 11.7 Å². The first-order chi connectivity index (χ1) is 11.2. The van der Waals surface area contributed by atoms with E-state index >= 15 is 0 Å². The van der Waals surface area contributed by atoms with Gasteiger partial charge in [0.05, 0.1) is 0 Å². The van der Waals surface area contributed by atoms with Crippen LogP contribution in [0.25, 0.3) is 5.78 Å². The fraction of sp³-hybridized carbons (Fsp3) is 0.611. The van der Waals surface area contributed by atoms with Crippen LogP contribution in [-0.4, -0.2) is 26.8 Å². The molecule has 120 valence electrons. The van der Waals surface area contributed by atoms with Crippen molar-refractivity contribution in [2.45, 2.75) is 38.5 Å². The first kappa shape index (κ1) is 13.5. The second kappa shape index (κ2) is 4.79. The van der Waals surface area contributed by atoms with E-state index in [4.69, 9.17) is 0 Å². The van der Waals surface area contributed by atoms with Crippen molar-refractivity contribution in [3.05, 3.63) is 30.4 Å². The molecular formula is C18H22N4O. The summed E-state index contributed by atoms with van der Waals surface area (Å²) >= 11 is 0. The number of carbonyl (C=O) groups excluding carboxylic acids is 1. The highest BCUT2D eigenvalue weighted by atomic mass is 16.1. The Morgan fingerprint density at radius 1 is 1.13 bits per heavy atom. The molecule has 2 aromatic heterocycles. The van der Waals surface area contributed by atoms with Crippen LogP contribution in [0.3, 0.4) is 0 Å². The molecule has 1 amide bonds. The largest absolute Gasteiger partial charge is 0.350 e. The molecule has 23 heavy (non-hydrogen) atoms. The van der Waals surface area contributed by atoms with E-state index in [1.807, 2.05) is 0 Å². The molecule has 5 heteroatoms. The van der Waals surface area contributed by atoms with Crippen LogP contribution in [0.4, 0.5) is 0 Å². The Labute approximate surface area is 135 Å². The average Bonchev–Trinajstić information content (AvgIpc) is 3.00. The van der Waals surface area contributed by atoms with E-state index in [1.165, 1.54) is 38.5 Å². The third-order valence-electron chi connectivity index (χ3n) is 6.32. The van der Waals surface area contributed by atoms with Crippen LogP contribution in [-0.2, 0) is 0 Å². The molecule has 5 nitrogen and oxygen atoms in total. The number of nitrogens with zero attached hydrogens (tertiary/aromatic N) is 3. The van der Waals surface area contributed by atoms with Crippen LogP contribution in [0.15, 0.2) is 24.7 Å². The van der Waals surface area contributed by atoms with Crippen molar-refractivity contribution < 1.29 is 4.79 Å². The summed E-state index contributed by atoms with van der Waals surface area (Å²) in [4.78, 5) is 21.0. The van der Waals surface area contributed by atoms with E-state index in [0.717, 1.165) is 24.3 Å². The Hall–Kier alpha value is -1.91. The summed E-state index contributed by atoms with van der Waals surface area (Å²) in [7, 11) is 0. The number of hydrogen-bond acceptors (Lipinski definition) is 3. The summed E-state index contributed by atoms with van der Waals surface area (Å²) in [6.07, 6.45) is 13.4. The maximum absolute atomic E-state index is 12.7. The van der Waals surface area contributed by atoms with Gasteiger partial charge >= 0.3 is 0 Å². The molecule has 4 aliphatic rings. The molecule has 2 aromatic rings. The van der Waals surface area contributed by atoms with Gasteiger partial charge < -0.3 is 5.32 Å². The number of imidazole rings is 1. The van der Waals surface area contributed by atoms with E-state index in [9.17, 15) is 4.79 Å². The number of rotatable bonds is 3. The minimum absolute atomic E-state index is 0.00820. The fourth-order valence-corrected chi connectivity index (χ4v) is 5.88. The van der Waals surface area contributed by atoms with Crippen molar-refractivity contribution in [2.75, 3.05) is 6.54 Å². The highest BCUT2D eigenvalue weighted by Crippen LogP contribution is 2.59. The van der Waals surface area contributed by atoms with E-state index in [-0.39, 0.29) is 5.91 Å². The molecule has 4 aliphatic carbocycles. The molecule has 0 aromatic carbocycles. The van der Waals surface area contributed by atoms with Gasteiger partial charge in [-0.2, -0.15) is 0 Å². The second-order valence-corrected chi connectivity index (χ2v) is 8.03. The van der Waals surface area contributed by atoms with Crippen molar-refractivity contribution in [3.8, 4) is 0 Å². The molecule has 0 unspecified atom stereocenters. The Kier molecular flexibility index (Phi) is 2.82. The number of hydrogen-bond donors (Lipinski definition) is 1. The van der Waals surface area contributed by atoms with Gasteiger partial charge in [0.15, 0.2) is 0 Å². The molecule has 4 bridgehead atoms. The van der Waals surface area contributed by atoms with Gasteiger partial charge in [-0.3, -0.25) is 9.20 Å². The predicted molar refractivity (Wildman–Crippen MR) is 85.9 cm³/mol. The minimum atomic E-state index is -0.00820. The topological polar surface area (TPSA) is 59.3 Å². The van der Waals surface area contributed by atoms with Gasteiger partial charge in [0.25, 0.3) is 5.91 Å². The number of nitrogens with one attached hydrogen (secondary N) is 1. The lowest BCUT2D eigenvalue weighted by molar-refractivity contribution is -0.0503. The van der Waals surface area contributed by atoms with Gasteiger partial charge in [-0.15, -0.1) is 0 Å². The average molecular weight is 310 g/mol. The van der Waals surface area contributed by atoms with Crippen LogP contribution in [0.1, 0.15) is 49.0 Å². The standard InChI is InChI=1S/C18H22N4O/c23-16(15-1-2-19-17-20-3-4-22(15)17)21-11-18-8-12-5-13(9-18)7-14(6-12)10-18/h1-4,12-14H,5-11H2,(H,21,23). The van der Waals surface area contributed by atoms with Crippen molar-refractivity contribution in [3.63, 3.8) is 0 Å². The van der Waals surface area contributed by atoms with Crippen LogP contribution in [0.5, 0.6) is 0 Å². The van der Waals surface area contributed by atoms with Gasteiger partial charge in [0, 0.05) is 25.1 Å². The molecule has 4 fully saturated rings.